The average molecular weight is 190 g/mol. The number of methoxy groups -OCH3 is 1. The number of rotatable bonds is 7. The molecule has 4 nitrogen and oxygen atoms in total. The highest BCUT2D eigenvalue weighted by molar-refractivity contribution is 5.69. The summed E-state index contributed by atoms with van der Waals surface area (Å²) in [7, 11) is 1.37. The van der Waals surface area contributed by atoms with Gasteiger partial charge in [-0.25, -0.2) is 0 Å². The smallest absolute Gasteiger partial charge is 0.308 e. The van der Waals surface area contributed by atoms with Crippen molar-refractivity contribution in [3.63, 3.8) is 0 Å². The first-order chi connectivity index (χ1) is 6.20. The summed E-state index contributed by atoms with van der Waals surface area (Å²) in [5.74, 6) is -0.246. The summed E-state index contributed by atoms with van der Waals surface area (Å²) in [6.45, 7) is 5.55. The number of carbonyl (C=O) groups is 1. The molecule has 1 atom stereocenters. The molecular weight excluding hydrogens is 172 g/mol. The third kappa shape index (κ3) is 7.74. The molecule has 4 heteroatoms. The lowest BCUT2D eigenvalue weighted by molar-refractivity contribution is -0.143. The van der Waals surface area contributed by atoms with Crippen molar-refractivity contribution < 1.29 is 19.0 Å². The first-order valence-corrected chi connectivity index (χ1v) is 4.46. The van der Waals surface area contributed by atoms with E-state index < -0.39 is 0 Å². The van der Waals surface area contributed by atoms with Crippen LogP contribution in [0.5, 0.6) is 0 Å². The van der Waals surface area contributed by atoms with E-state index in [4.69, 9.17) is 9.47 Å². The van der Waals surface area contributed by atoms with Crippen LogP contribution in [0.25, 0.3) is 0 Å². The Kier molecular flexibility index (Phi) is 7.63. The van der Waals surface area contributed by atoms with E-state index in [1.165, 1.54) is 7.11 Å². The highest BCUT2D eigenvalue weighted by Gasteiger charge is 2.08. The third-order valence-corrected chi connectivity index (χ3v) is 1.52. The van der Waals surface area contributed by atoms with Gasteiger partial charge in [0, 0.05) is 6.61 Å². The highest BCUT2D eigenvalue weighted by Crippen LogP contribution is 1.98. The van der Waals surface area contributed by atoms with Crippen LogP contribution in [0.15, 0.2) is 0 Å². The molecule has 0 saturated heterocycles. The Labute approximate surface area is 79.2 Å². The van der Waals surface area contributed by atoms with Crippen LogP contribution in [0.2, 0.25) is 0 Å². The van der Waals surface area contributed by atoms with Gasteiger partial charge in [-0.1, -0.05) is 0 Å². The molecule has 0 aliphatic rings. The predicted octanol–water partition coefficient (Wildman–Crippen LogP) is 0.991. The lowest BCUT2D eigenvalue weighted by atomic mass is 10.3. The van der Waals surface area contributed by atoms with Crippen molar-refractivity contribution in [1.29, 1.82) is 0 Å². The fourth-order valence-electron chi connectivity index (χ4n) is 0.830. The van der Waals surface area contributed by atoms with Gasteiger partial charge in [0.05, 0.1) is 32.8 Å². The lowest BCUT2D eigenvalue weighted by Gasteiger charge is -2.11. The first kappa shape index (κ1) is 12.4. The maximum absolute atomic E-state index is 10.8. The summed E-state index contributed by atoms with van der Waals surface area (Å²) >= 11 is 0. The Bertz CT molecular complexity index is 136. The maximum Gasteiger partial charge on any atom is 0.308 e. The van der Waals surface area contributed by atoms with Crippen molar-refractivity contribution in [3.8, 4) is 0 Å². The van der Waals surface area contributed by atoms with Crippen molar-refractivity contribution >= 4 is 5.97 Å². The van der Waals surface area contributed by atoms with Crippen LogP contribution in [0.1, 0.15) is 20.3 Å². The van der Waals surface area contributed by atoms with E-state index in [0.717, 1.165) is 0 Å². The van der Waals surface area contributed by atoms with Crippen molar-refractivity contribution in [2.45, 2.75) is 26.4 Å². The lowest BCUT2D eigenvalue weighted by Crippen LogP contribution is -2.17. The Hall–Kier alpha value is -0.610. The van der Waals surface area contributed by atoms with Crippen molar-refractivity contribution in [2.75, 3.05) is 26.9 Å². The highest BCUT2D eigenvalue weighted by atomic mass is 16.5. The molecule has 0 radical (unpaired) electrons. The van der Waals surface area contributed by atoms with E-state index in [9.17, 15) is 4.79 Å². The van der Waals surface area contributed by atoms with Gasteiger partial charge in [0.15, 0.2) is 0 Å². The number of ether oxygens (including phenoxy) is 3. The van der Waals surface area contributed by atoms with E-state index >= 15 is 0 Å². The molecule has 0 aliphatic heterocycles. The second-order valence-electron chi connectivity index (χ2n) is 2.66. The minimum Gasteiger partial charge on any atom is -0.469 e. The Morgan fingerprint density at radius 3 is 2.62 bits per heavy atom. The van der Waals surface area contributed by atoms with E-state index in [-0.39, 0.29) is 12.1 Å². The summed E-state index contributed by atoms with van der Waals surface area (Å²) in [4.78, 5) is 10.8. The summed E-state index contributed by atoms with van der Waals surface area (Å²) < 4.78 is 14.9. The molecule has 1 unspecified atom stereocenters. The topological polar surface area (TPSA) is 44.8 Å². The number of hydrogen-bond acceptors (Lipinski definition) is 4. The van der Waals surface area contributed by atoms with Crippen LogP contribution in [0.4, 0.5) is 0 Å². The molecule has 13 heavy (non-hydrogen) atoms. The molecule has 0 aromatic rings. The van der Waals surface area contributed by atoms with Gasteiger partial charge in [0.25, 0.3) is 0 Å². The Morgan fingerprint density at radius 2 is 2.08 bits per heavy atom. The van der Waals surface area contributed by atoms with Gasteiger partial charge in [0.1, 0.15) is 0 Å². The minimum atomic E-state index is -0.246. The van der Waals surface area contributed by atoms with E-state index in [1.54, 1.807) is 0 Å². The second-order valence-corrected chi connectivity index (χ2v) is 2.66. The monoisotopic (exact) mass is 190 g/mol. The molecule has 0 aliphatic carbocycles. The molecule has 0 amide bonds. The van der Waals surface area contributed by atoms with E-state index in [0.29, 0.717) is 26.2 Å². The maximum atomic E-state index is 10.8. The van der Waals surface area contributed by atoms with Crippen LogP contribution < -0.4 is 0 Å². The molecule has 78 valence electrons. The third-order valence-electron chi connectivity index (χ3n) is 1.52. The zero-order valence-corrected chi connectivity index (χ0v) is 8.54. The van der Waals surface area contributed by atoms with Gasteiger partial charge < -0.3 is 14.2 Å². The van der Waals surface area contributed by atoms with Gasteiger partial charge >= 0.3 is 5.97 Å². The molecule has 0 heterocycles. The van der Waals surface area contributed by atoms with Crippen LogP contribution in [-0.4, -0.2) is 39.0 Å². The van der Waals surface area contributed by atoms with Gasteiger partial charge in [-0.15, -0.1) is 0 Å². The van der Waals surface area contributed by atoms with Gasteiger partial charge in [0.2, 0.25) is 0 Å². The molecule has 0 spiro atoms. The molecule has 0 rings (SSSR count). The Balaban J connectivity index is 3.29. The van der Waals surface area contributed by atoms with Crippen LogP contribution in [0, 0.1) is 0 Å². The minimum absolute atomic E-state index is 0.104. The predicted molar refractivity (Wildman–Crippen MR) is 48.5 cm³/mol. The van der Waals surface area contributed by atoms with Crippen molar-refractivity contribution in [2.24, 2.45) is 0 Å². The standard InChI is InChI=1S/C9H18O4/c1-4-12-5-6-13-8(2)7-9(10)11-3/h8H,4-7H2,1-3H3. The van der Waals surface area contributed by atoms with Crippen LogP contribution in [-0.2, 0) is 19.0 Å². The molecule has 0 N–H and O–H groups in total. The fourth-order valence-corrected chi connectivity index (χ4v) is 0.830. The number of esters is 1. The molecule has 0 aromatic heterocycles. The normalized spacial score (nSPS) is 12.5. The van der Waals surface area contributed by atoms with Crippen molar-refractivity contribution in [1.82, 2.24) is 0 Å². The molecule has 0 aromatic carbocycles. The molecule has 0 fully saturated rings. The Morgan fingerprint density at radius 1 is 1.38 bits per heavy atom. The SMILES string of the molecule is CCOCCOC(C)CC(=O)OC. The zero-order chi connectivity index (χ0) is 10.1. The second kappa shape index (κ2) is 8.01. The summed E-state index contributed by atoms with van der Waals surface area (Å²) in [6.07, 6.45) is 0.190. The van der Waals surface area contributed by atoms with Gasteiger partial charge in [-0.3, -0.25) is 4.79 Å². The van der Waals surface area contributed by atoms with E-state index in [1.807, 2.05) is 13.8 Å². The van der Waals surface area contributed by atoms with Crippen molar-refractivity contribution in [3.05, 3.63) is 0 Å². The van der Waals surface area contributed by atoms with E-state index in [2.05, 4.69) is 4.74 Å². The first-order valence-electron chi connectivity index (χ1n) is 4.46. The average Bonchev–Trinajstić information content (AvgIpc) is 2.12. The molecule has 0 bridgehead atoms. The molecular formula is C9H18O4. The largest absolute Gasteiger partial charge is 0.469 e. The van der Waals surface area contributed by atoms with Gasteiger partial charge in [-0.05, 0) is 13.8 Å². The number of carbonyl (C=O) groups excluding carboxylic acids is 1. The zero-order valence-electron chi connectivity index (χ0n) is 8.54. The number of hydrogen-bond donors (Lipinski definition) is 0. The summed E-state index contributed by atoms with van der Waals surface area (Å²) in [6, 6.07) is 0. The quantitative estimate of drug-likeness (QED) is 0.443. The van der Waals surface area contributed by atoms with Crippen LogP contribution >= 0.6 is 0 Å². The molecule has 0 saturated carbocycles. The fraction of sp³-hybridized carbons (Fsp3) is 0.889. The summed E-state index contributed by atoms with van der Waals surface area (Å²) in [5, 5.41) is 0. The summed E-state index contributed by atoms with van der Waals surface area (Å²) in [5.41, 5.74) is 0. The van der Waals surface area contributed by atoms with Gasteiger partial charge in [-0.2, -0.15) is 0 Å². The van der Waals surface area contributed by atoms with Crippen LogP contribution in [0.3, 0.4) is 0 Å².